The second-order valence-electron chi connectivity index (χ2n) is 8.38. The van der Waals surface area contributed by atoms with Gasteiger partial charge in [-0.2, -0.15) is 0 Å². The minimum absolute atomic E-state index is 0.127. The maximum absolute atomic E-state index is 14.0. The summed E-state index contributed by atoms with van der Waals surface area (Å²) in [5.74, 6) is 0.127. The van der Waals surface area contributed by atoms with Crippen molar-refractivity contribution in [2.45, 2.75) is 49.9 Å². The van der Waals surface area contributed by atoms with Crippen LogP contribution in [-0.2, 0) is 22.8 Å². The van der Waals surface area contributed by atoms with Crippen molar-refractivity contribution in [2.75, 3.05) is 19.6 Å². The molecule has 1 N–H and O–H groups in total. The normalized spacial score (nSPS) is 19.7. The quantitative estimate of drug-likeness (QED) is 0.789. The molecule has 0 spiro atoms. The van der Waals surface area contributed by atoms with Crippen LogP contribution >= 0.6 is 11.6 Å². The van der Waals surface area contributed by atoms with E-state index in [2.05, 4.69) is 28.4 Å². The van der Waals surface area contributed by atoms with Crippen LogP contribution in [0.1, 0.15) is 35.1 Å². The van der Waals surface area contributed by atoms with E-state index in [0.717, 1.165) is 50.0 Å². The van der Waals surface area contributed by atoms with Crippen molar-refractivity contribution in [2.24, 2.45) is 5.92 Å². The van der Waals surface area contributed by atoms with Crippen LogP contribution in [0.15, 0.2) is 41.3 Å². The molecule has 2 aromatic rings. The zero-order valence-corrected chi connectivity index (χ0v) is 18.7. The Kier molecular flexibility index (Phi) is 6.03. The molecule has 0 aliphatic carbocycles. The number of hydrogen-bond donors (Lipinski definition) is 1. The van der Waals surface area contributed by atoms with E-state index in [1.165, 1.54) is 11.1 Å². The maximum Gasteiger partial charge on any atom is 0.194 e. The van der Waals surface area contributed by atoms with Crippen LogP contribution < -0.4 is 5.32 Å². The van der Waals surface area contributed by atoms with Gasteiger partial charge in [0.1, 0.15) is 5.37 Å². The van der Waals surface area contributed by atoms with Crippen molar-refractivity contribution < 1.29 is 8.42 Å². The first kappa shape index (κ1) is 20.9. The lowest BCUT2D eigenvalue weighted by Crippen LogP contribution is -2.50. The summed E-state index contributed by atoms with van der Waals surface area (Å²) in [5.41, 5.74) is 4.13. The number of fused-ring (bicyclic) bond motifs is 1. The average Bonchev–Trinajstić information content (AvgIpc) is 2.71. The van der Waals surface area contributed by atoms with Gasteiger partial charge in [0.2, 0.25) is 0 Å². The van der Waals surface area contributed by atoms with Gasteiger partial charge in [-0.1, -0.05) is 35.9 Å². The highest BCUT2D eigenvalue weighted by Crippen LogP contribution is 2.35. The Morgan fingerprint density at radius 2 is 1.76 bits per heavy atom. The molecule has 4 nitrogen and oxygen atoms in total. The fourth-order valence-electron chi connectivity index (χ4n) is 4.80. The van der Waals surface area contributed by atoms with Gasteiger partial charge in [-0.05, 0) is 86.5 Å². The number of sulfone groups is 1. The van der Waals surface area contributed by atoms with E-state index in [9.17, 15) is 8.42 Å². The highest BCUT2D eigenvalue weighted by Gasteiger charge is 2.41. The van der Waals surface area contributed by atoms with E-state index in [1.807, 2.05) is 19.9 Å². The lowest BCUT2D eigenvalue weighted by molar-refractivity contribution is 0.159. The first-order valence-electron chi connectivity index (χ1n) is 10.4. The highest BCUT2D eigenvalue weighted by atomic mass is 35.5. The van der Waals surface area contributed by atoms with Gasteiger partial charge < -0.3 is 5.32 Å². The monoisotopic (exact) mass is 432 g/mol. The van der Waals surface area contributed by atoms with Crippen molar-refractivity contribution in [3.05, 3.63) is 63.7 Å². The third-order valence-corrected chi connectivity index (χ3v) is 9.17. The van der Waals surface area contributed by atoms with Gasteiger partial charge in [-0.25, -0.2) is 8.42 Å². The molecule has 0 bridgehead atoms. The standard InChI is InChI=1S/C23H29ClN2O2S/c1-16-14-22(17(2)13-21(16)24)29(27,28)23(19-7-10-25-11-8-19)26-12-9-18-5-3-4-6-20(18)15-26/h3-6,13-14,19,23,25H,7-12,15H2,1-2H3. The van der Waals surface area contributed by atoms with Crippen LogP contribution in [0, 0.1) is 19.8 Å². The molecule has 1 unspecified atom stereocenters. The smallest absolute Gasteiger partial charge is 0.194 e. The lowest BCUT2D eigenvalue weighted by atomic mass is 9.94. The predicted molar refractivity (Wildman–Crippen MR) is 118 cm³/mol. The van der Waals surface area contributed by atoms with Gasteiger partial charge in [-0.3, -0.25) is 4.90 Å². The zero-order valence-electron chi connectivity index (χ0n) is 17.1. The first-order chi connectivity index (χ1) is 13.9. The Balaban J connectivity index is 1.76. The van der Waals surface area contributed by atoms with Crippen LogP contribution in [0.2, 0.25) is 5.02 Å². The highest BCUT2D eigenvalue weighted by molar-refractivity contribution is 7.92. The maximum atomic E-state index is 14.0. The molecule has 0 aromatic heterocycles. The van der Waals surface area contributed by atoms with Gasteiger partial charge in [-0.15, -0.1) is 0 Å². The number of hydrogen-bond acceptors (Lipinski definition) is 4. The number of piperidine rings is 1. The Bertz CT molecular complexity index is 1000. The number of benzene rings is 2. The van der Waals surface area contributed by atoms with Crippen LogP contribution in [0.4, 0.5) is 0 Å². The molecule has 156 valence electrons. The molecule has 29 heavy (non-hydrogen) atoms. The van der Waals surface area contributed by atoms with Crippen molar-refractivity contribution in [1.82, 2.24) is 10.2 Å². The molecule has 2 aliphatic rings. The summed E-state index contributed by atoms with van der Waals surface area (Å²) in [5, 5.41) is 3.49. The number of halogens is 1. The Morgan fingerprint density at radius 1 is 1.07 bits per heavy atom. The van der Waals surface area contributed by atoms with Crippen LogP contribution in [0.25, 0.3) is 0 Å². The molecule has 2 heterocycles. The number of nitrogens with one attached hydrogen (secondary N) is 1. The molecule has 6 heteroatoms. The molecule has 1 atom stereocenters. The van der Waals surface area contributed by atoms with Crippen LogP contribution in [-0.4, -0.2) is 38.3 Å². The summed E-state index contributed by atoms with van der Waals surface area (Å²) in [4.78, 5) is 2.64. The van der Waals surface area contributed by atoms with E-state index in [-0.39, 0.29) is 5.92 Å². The molecule has 4 rings (SSSR count). The topological polar surface area (TPSA) is 49.4 Å². The summed E-state index contributed by atoms with van der Waals surface area (Å²) in [6.45, 7) is 6.94. The molecule has 0 radical (unpaired) electrons. The molecule has 2 aliphatic heterocycles. The molecule has 0 saturated carbocycles. The second kappa shape index (κ2) is 8.38. The lowest BCUT2D eigenvalue weighted by Gasteiger charge is -2.41. The molecule has 1 saturated heterocycles. The van der Waals surface area contributed by atoms with Gasteiger partial charge in [0.05, 0.1) is 4.90 Å². The van der Waals surface area contributed by atoms with E-state index < -0.39 is 15.2 Å². The Morgan fingerprint density at radius 3 is 2.48 bits per heavy atom. The summed E-state index contributed by atoms with van der Waals surface area (Å²) in [6.07, 6.45) is 2.66. The van der Waals surface area contributed by atoms with Gasteiger partial charge in [0, 0.05) is 18.1 Å². The number of rotatable bonds is 4. The molecule has 2 aromatic carbocycles. The molecular formula is C23H29ClN2O2S. The minimum Gasteiger partial charge on any atom is -0.317 e. The fourth-order valence-corrected chi connectivity index (χ4v) is 7.48. The molecule has 0 amide bonds. The third-order valence-electron chi connectivity index (χ3n) is 6.39. The van der Waals surface area contributed by atoms with Gasteiger partial charge in [0.25, 0.3) is 0 Å². The zero-order chi connectivity index (χ0) is 20.6. The van der Waals surface area contributed by atoms with Crippen molar-refractivity contribution in [3.63, 3.8) is 0 Å². The summed E-state index contributed by atoms with van der Waals surface area (Å²) < 4.78 is 28.0. The molecule has 1 fully saturated rings. The van der Waals surface area contributed by atoms with E-state index >= 15 is 0 Å². The van der Waals surface area contributed by atoms with Crippen molar-refractivity contribution >= 4 is 21.4 Å². The fraction of sp³-hybridized carbons (Fsp3) is 0.478. The number of nitrogens with zero attached hydrogens (tertiary/aromatic N) is 1. The largest absolute Gasteiger partial charge is 0.317 e. The van der Waals surface area contributed by atoms with Gasteiger partial charge >= 0.3 is 0 Å². The van der Waals surface area contributed by atoms with Crippen LogP contribution in [0.5, 0.6) is 0 Å². The van der Waals surface area contributed by atoms with E-state index in [4.69, 9.17) is 11.6 Å². The van der Waals surface area contributed by atoms with E-state index in [1.54, 1.807) is 12.1 Å². The average molecular weight is 433 g/mol. The van der Waals surface area contributed by atoms with Crippen molar-refractivity contribution in [3.8, 4) is 0 Å². The van der Waals surface area contributed by atoms with Gasteiger partial charge in [0.15, 0.2) is 9.84 Å². The summed E-state index contributed by atoms with van der Waals surface area (Å²) in [6, 6.07) is 11.9. The predicted octanol–water partition coefficient (Wildman–Crippen LogP) is 4.11. The first-order valence-corrected chi connectivity index (χ1v) is 12.3. The van der Waals surface area contributed by atoms with Crippen LogP contribution in [0.3, 0.4) is 0 Å². The Labute approximate surface area is 179 Å². The van der Waals surface area contributed by atoms with E-state index in [0.29, 0.717) is 16.5 Å². The summed E-state index contributed by atoms with van der Waals surface area (Å²) in [7, 11) is -3.53. The third kappa shape index (κ3) is 4.11. The SMILES string of the molecule is Cc1cc(S(=O)(=O)C(C2CCNCC2)N2CCc3ccccc3C2)c(C)cc1Cl. The van der Waals surface area contributed by atoms with Crippen molar-refractivity contribution in [1.29, 1.82) is 0 Å². The second-order valence-corrected chi connectivity index (χ2v) is 10.8. The molecular weight excluding hydrogens is 404 g/mol. The summed E-state index contributed by atoms with van der Waals surface area (Å²) >= 11 is 6.26. The minimum atomic E-state index is -3.53. The number of aryl methyl sites for hydroxylation is 2. The Hall–Kier alpha value is -1.40.